The highest BCUT2D eigenvalue weighted by Gasteiger charge is 2.77. The van der Waals surface area contributed by atoms with Gasteiger partial charge in [-0.25, -0.2) is 0 Å². The highest BCUT2D eigenvalue weighted by Crippen LogP contribution is 2.78. The maximum absolute atomic E-state index is 11.8. The van der Waals surface area contributed by atoms with Gasteiger partial charge in [0.1, 0.15) is 0 Å². The minimum atomic E-state index is 0. The number of hydrogen-bond donors (Lipinski definition) is 0. The lowest BCUT2D eigenvalue weighted by molar-refractivity contribution is -0.132. The Morgan fingerprint density at radius 3 is 1.61 bits per heavy atom. The lowest BCUT2D eigenvalue weighted by atomic mass is 9.49. The Morgan fingerprint density at radius 2 is 1.05 bits per heavy atom. The van der Waals surface area contributed by atoms with E-state index < -0.39 is 0 Å². The first kappa shape index (κ1) is 57.0. The van der Waals surface area contributed by atoms with E-state index >= 15 is 0 Å². The Hall–Kier alpha value is -2.04. The molecule has 7 fully saturated rings. The highest BCUT2D eigenvalue weighted by atomic mass is 16.5. The molecule has 7 saturated carbocycles. The van der Waals surface area contributed by atoms with Gasteiger partial charge in [-0.3, -0.25) is 9.59 Å². The predicted octanol–water partition coefficient (Wildman–Crippen LogP) is 15.4. The number of carbonyl (C=O) groups excluding carboxylic acids is 2. The minimum Gasteiger partial charge on any atom is -0.366 e. The van der Waals surface area contributed by atoms with Crippen LogP contribution in [0, 0.1) is 81.8 Å². The summed E-state index contributed by atoms with van der Waals surface area (Å²) in [5, 5.41) is 0. The molecule has 0 amide bonds. The van der Waals surface area contributed by atoms with Crippen molar-refractivity contribution in [1.29, 1.82) is 0 Å². The van der Waals surface area contributed by atoms with E-state index in [1.54, 1.807) is 0 Å². The molecule has 10 aliphatic carbocycles. The van der Waals surface area contributed by atoms with Crippen LogP contribution < -0.4 is 0 Å². The summed E-state index contributed by atoms with van der Waals surface area (Å²) in [4.78, 5) is 23.6. The predicted molar refractivity (Wildman–Crippen MR) is 259 cm³/mol. The third kappa shape index (κ3) is 7.25. The monoisotopic (exact) mass is 823 g/mol. The zero-order chi connectivity index (χ0) is 32.2. The van der Waals surface area contributed by atoms with Crippen molar-refractivity contribution in [2.45, 2.75) is 184 Å². The summed E-state index contributed by atoms with van der Waals surface area (Å²) < 4.78 is 12.9. The second kappa shape index (κ2) is 19.1. The molecule has 0 saturated heterocycles. The second-order valence-corrected chi connectivity index (χ2v) is 19.0. The van der Waals surface area contributed by atoms with Crippen molar-refractivity contribution < 1.29 is 19.1 Å². The first-order valence-corrected chi connectivity index (χ1v) is 20.1. The normalized spacial score (nSPS) is 46.3. The Balaban J connectivity index is 0.000000961. The number of hydrogen-bond acceptors (Lipinski definition) is 4. The van der Waals surface area contributed by atoms with Gasteiger partial charge in [-0.05, 0) is 153 Å². The third-order valence-electron chi connectivity index (χ3n) is 17.7. The van der Waals surface area contributed by atoms with Crippen molar-refractivity contribution in [1.82, 2.24) is 0 Å². The molecule has 4 heteroatoms. The van der Waals surface area contributed by atoms with Gasteiger partial charge in [-0.15, -0.1) is 0 Å². The molecule has 16 atom stereocenters. The van der Waals surface area contributed by atoms with Crippen LogP contribution in [-0.4, -0.2) is 36.0 Å². The summed E-state index contributed by atoms with van der Waals surface area (Å²) in [6, 6.07) is 0. The lowest BCUT2D eigenvalue weighted by Crippen LogP contribution is -2.54. The van der Waals surface area contributed by atoms with Gasteiger partial charge < -0.3 is 9.47 Å². The second-order valence-electron chi connectivity index (χ2n) is 19.0. The van der Waals surface area contributed by atoms with Crippen LogP contribution in [-0.2, 0) is 19.1 Å². The summed E-state index contributed by atoms with van der Waals surface area (Å²) in [7, 11) is 0. The van der Waals surface area contributed by atoms with Gasteiger partial charge in [0.15, 0.2) is 11.6 Å². The summed E-state index contributed by atoms with van der Waals surface area (Å²) in [6.07, 6.45) is 32.5. The zero-order valence-corrected chi connectivity index (χ0v) is 29.1. The fourth-order valence-electron chi connectivity index (χ4n) is 16.0. The van der Waals surface area contributed by atoms with Crippen molar-refractivity contribution in [2.75, 3.05) is 13.2 Å². The van der Waals surface area contributed by atoms with Gasteiger partial charge in [-0.1, -0.05) is 138 Å². The molecule has 59 heavy (non-hydrogen) atoms. The van der Waals surface area contributed by atoms with Gasteiger partial charge in [0.05, 0.1) is 24.4 Å². The first-order chi connectivity index (χ1) is 23.3. The topological polar surface area (TPSA) is 52.6 Å². The van der Waals surface area contributed by atoms with Gasteiger partial charge in [0.2, 0.25) is 0 Å². The highest BCUT2D eigenvalue weighted by molar-refractivity contribution is 5.92. The summed E-state index contributed by atoms with van der Waals surface area (Å²) in [5.41, 5.74) is 3.62. The zero-order valence-electron chi connectivity index (χ0n) is 29.1. The molecule has 2 heterocycles. The first-order valence-electron chi connectivity index (χ1n) is 20.1. The Bertz CT molecular complexity index is 1630. The lowest BCUT2D eigenvalue weighted by Gasteiger charge is -2.57. The van der Waals surface area contributed by atoms with Crippen molar-refractivity contribution in [3.63, 3.8) is 0 Å². The number of carbonyl (C=O) groups is 2. The van der Waals surface area contributed by atoms with Crippen LogP contribution in [0.25, 0.3) is 0 Å². The Morgan fingerprint density at radius 1 is 0.542 bits per heavy atom. The summed E-state index contributed by atoms with van der Waals surface area (Å²) in [6.45, 7) is 6.73. The third-order valence-corrected chi connectivity index (χ3v) is 17.7. The molecule has 4 nitrogen and oxygen atoms in total. The van der Waals surface area contributed by atoms with E-state index in [0.29, 0.717) is 34.2 Å². The van der Waals surface area contributed by atoms with Gasteiger partial charge in [0, 0.05) is 23.7 Å². The van der Waals surface area contributed by atoms with Crippen molar-refractivity contribution in [2.24, 2.45) is 81.8 Å². The van der Waals surface area contributed by atoms with E-state index in [0.717, 1.165) is 98.1 Å². The van der Waals surface area contributed by atoms with Crippen LogP contribution in [0.5, 0.6) is 0 Å². The molecule has 0 aromatic rings. The average Bonchev–Trinajstić information content (AvgIpc) is 3.87. The molecule has 0 N–H and O–H groups in total. The van der Waals surface area contributed by atoms with Crippen molar-refractivity contribution >= 4 is 11.6 Å². The van der Waals surface area contributed by atoms with E-state index in [4.69, 9.17) is 9.47 Å². The molecule has 0 aromatic carbocycles. The van der Waals surface area contributed by atoms with Crippen LogP contribution in [0.2, 0.25) is 0 Å². The molecule has 0 radical (unpaired) electrons. The van der Waals surface area contributed by atoms with E-state index in [1.165, 1.54) is 62.5 Å². The van der Waals surface area contributed by atoms with Crippen LogP contribution in [0.1, 0.15) is 173 Å². The Kier molecular flexibility index (Phi) is 18.5. The van der Waals surface area contributed by atoms with Crippen LogP contribution in [0.4, 0.5) is 0 Å². The van der Waals surface area contributed by atoms with Crippen molar-refractivity contribution in [3.8, 4) is 0 Å². The smallest absolute Gasteiger partial charge is 0.155 e. The van der Waals surface area contributed by atoms with Crippen LogP contribution in [0.15, 0.2) is 59.8 Å². The van der Waals surface area contributed by atoms with E-state index in [-0.39, 0.29) is 92.9 Å². The molecule has 2 aliphatic heterocycles. The molecular formula is C55H98O4. The van der Waals surface area contributed by atoms with Crippen LogP contribution >= 0.6 is 0 Å². The fourth-order valence-corrected chi connectivity index (χ4v) is 16.0. The SMILES string of the molecule is C.C.C.C.C.C.C.C.C.C.C.C[C@]12CC[C@H]3[C@@H](C=CC4=CC(=O)CC[C@@H]43)[C@@H]1[C@@H]1C[C@@H]1[C@@]21C=CCO1.C[C@]12CC[C@H]3[C@@H](CCC4=CC(=O)CC[C@@H]43)[C@@H]1[C@H]1C[C@H]1[C@@]21C=CCO1. The van der Waals surface area contributed by atoms with Crippen LogP contribution in [0.3, 0.4) is 0 Å². The quantitative estimate of drug-likeness (QED) is 0.228. The average molecular weight is 823 g/mol. The van der Waals surface area contributed by atoms with Crippen molar-refractivity contribution in [3.05, 3.63) is 59.8 Å². The summed E-state index contributed by atoms with van der Waals surface area (Å²) in [5.74, 6) is 10.2. The van der Waals surface area contributed by atoms with E-state index in [1.807, 2.05) is 12.2 Å². The largest absolute Gasteiger partial charge is 0.366 e. The maximum Gasteiger partial charge on any atom is 0.155 e. The van der Waals surface area contributed by atoms with Gasteiger partial charge in [-0.2, -0.15) is 0 Å². The number of ketones is 2. The number of ether oxygens (including phenoxy) is 2. The molecule has 342 valence electrons. The number of fused-ring (bicyclic) bond motifs is 18. The number of allylic oxidation sites excluding steroid dienone is 5. The molecule has 12 aliphatic rings. The fraction of sp³-hybridized carbons (Fsp3) is 0.782. The van der Waals surface area contributed by atoms with Gasteiger partial charge in [0.25, 0.3) is 0 Å². The molecule has 0 aromatic heterocycles. The minimum absolute atomic E-state index is 0. The Labute approximate surface area is 368 Å². The molecular weight excluding hydrogens is 725 g/mol. The molecule has 0 unspecified atom stereocenters. The van der Waals surface area contributed by atoms with Gasteiger partial charge >= 0.3 is 0 Å². The molecule has 2 spiro atoms. The molecule has 0 bridgehead atoms. The van der Waals surface area contributed by atoms with E-state index in [2.05, 4.69) is 50.3 Å². The molecule has 12 rings (SSSR count). The summed E-state index contributed by atoms with van der Waals surface area (Å²) >= 11 is 0. The standard InChI is InChI=1S/C22H28O2.C22H26O2.11CH4/c2*1-21-9-7-16-15-6-4-14(23)11-13(15)3-5-17(16)20(21)18-12-19(18)22(21)8-2-10-24-22;;;;;;;;;;;/h2,8,11,15-20H,3-7,9-10,12H2,1H3;2-3,5,8,11,15-20H,4,6-7,9-10,12H2,1H3;11*1H4/t15-,16+,17+,18-,19+,20+,21-,22-;15-,16+,17+,18+,19-,20+,21-,22-;;;;;;;;;;;/m00.........../s1. The van der Waals surface area contributed by atoms with E-state index in [9.17, 15) is 9.59 Å². The maximum atomic E-state index is 11.8. The number of rotatable bonds is 0.